The highest BCUT2D eigenvalue weighted by Gasteiger charge is 2.41. The van der Waals surface area contributed by atoms with Gasteiger partial charge in [0, 0.05) is 31.0 Å². The summed E-state index contributed by atoms with van der Waals surface area (Å²) in [6.07, 6.45) is 2.39. The standard InChI is InChI=1S/C26H36N4O7.C4H10N2O.C3H9N.C2H6/c1-6-23(34)37-14-17-7-9-18(10-8-17)28-20(31)12-27-25(35)24(16(4)5)29-21(32)13-30-22(33)11-19(15(2)3)26(30)36;1-2-3-6-4(5)7;1-2-3-4;1-2/h7-10,15-16,19,24H,6,11-14H2,1-5H3,(H,27,35)(H,28,31)(H,29,32);2-3H2,1H3,(H3,5,6,7);2-4H2,1H3;1-2H3. The predicted octanol–water partition coefficient (Wildman–Crippen LogP) is 2.81. The van der Waals surface area contributed by atoms with Gasteiger partial charge in [0.15, 0.2) is 0 Å². The fraction of sp³-hybridized carbons (Fsp3) is 0.629. The number of benzene rings is 1. The summed E-state index contributed by atoms with van der Waals surface area (Å²) < 4.78 is 5.05. The van der Waals surface area contributed by atoms with E-state index in [-0.39, 0.29) is 49.7 Å². The number of likely N-dealkylation sites (tertiary alicyclic amines) is 1. The second-order valence-corrected chi connectivity index (χ2v) is 11.7. The monoisotopic (exact) mass is 707 g/mol. The maximum Gasteiger partial charge on any atom is 0.312 e. The zero-order chi connectivity index (χ0) is 38.8. The van der Waals surface area contributed by atoms with Gasteiger partial charge in [-0.2, -0.15) is 0 Å². The van der Waals surface area contributed by atoms with Gasteiger partial charge in [-0.15, -0.1) is 0 Å². The smallest absolute Gasteiger partial charge is 0.312 e. The van der Waals surface area contributed by atoms with Gasteiger partial charge in [0.25, 0.3) is 0 Å². The Balaban J connectivity index is 0. The summed E-state index contributed by atoms with van der Waals surface area (Å²) in [5.41, 5.74) is 11.0. The SMILES string of the molecule is CC.CCC(=O)OCc1ccc(NC(=O)CNC(=O)C(NC(=O)CN2C(=O)CC(C(C)C)C2=O)C(C)C)cc1.CCCN.CCCNC(N)=O. The fourth-order valence-corrected chi connectivity index (χ4v) is 3.97. The molecule has 1 saturated heterocycles. The number of carbonyl (C=O) groups excluding carboxylic acids is 7. The Morgan fingerprint density at radius 2 is 1.50 bits per heavy atom. The minimum Gasteiger partial charge on any atom is -0.461 e. The third-order valence-electron chi connectivity index (χ3n) is 6.84. The van der Waals surface area contributed by atoms with Crippen molar-refractivity contribution in [2.75, 3.05) is 31.5 Å². The first kappa shape index (κ1) is 47.6. The summed E-state index contributed by atoms with van der Waals surface area (Å²) in [4.78, 5) is 84.2. The number of rotatable bonds is 15. The molecule has 0 aromatic heterocycles. The van der Waals surface area contributed by atoms with Gasteiger partial charge < -0.3 is 37.5 Å². The molecule has 0 bridgehead atoms. The molecule has 1 aliphatic rings. The van der Waals surface area contributed by atoms with E-state index in [0.29, 0.717) is 12.2 Å². The largest absolute Gasteiger partial charge is 0.461 e. The molecule has 15 nitrogen and oxygen atoms in total. The Morgan fingerprint density at radius 1 is 0.920 bits per heavy atom. The van der Waals surface area contributed by atoms with Crippen molar-refractivity contribution in [3.05, 3.63) is 29.8 Å². The molecule has 7 amide bonds. The lowest BCUT2D eigenvalue weighted by molar-refractivity contribution is -0.145. The first-order chi connectivity index (χ1) is 23.6. The summed E-state index contributed by atoms with van der Waals surface area (Å²) >= 11 is 0. The van der Waals surface area contributed by atoms with Crippen LogP contribution in [-0.4, -0.2) is 78.7 Å². The molecule has 1 heterocycles. The number of nitrogens with zero attached hydrogens (tertiary/aromatic N) is 1. The third kappa shape index (κ3) is 20.1. The lowest BCUT2D eigenvalue weighted by Gasteiger charge is -2.23. The lowest BCUT2D eigenvalue weighted by Crippen LogP contribution is -2.53. The highest BCUT2D eigenvalue weighted by atomic mass is 16.5. The number of hydrogen-bond acceptors (Lipinski definition) is 9. The Morgan fingerprint density at radius 3 is 1.92 bits per heavy atom. The molecule has 0 radical (unpaired) electrons. The molecular weight excluding hydrogens is 646 g/mol. The molecular formula is C35H61N7O8. The van der Waals surface area contributed by atoms with Crippen LogP contribution in [0, 0.1) is 17.8 Å². The van der Waals surface area contributed by atoms with Crippen molar-refractivity contribution in [3.8, 4) is 0 Å². The number of imide groups is 1. The molecule has 1 aromatic rings. The highest BCUT2D eigenvalue weighted by Crippen LogP contribution is 2.26. The molecule has 2 atom stereocenters. The Labute approximate surface area is 297 Å². The number of urea groups is 1. The number of ether oxygens (including phenoxy) is 1. The maximum absolute atomic E-state index is 12.7. The molecule has 0 spiro atoms. The number of esters is 1. The van der Waals surface area contributed by atoms with E-state index < -0.39 is 48.2 Å². The zero-order valence-electron chi connectivity index (χ0n) is 31.4. The Hall–Kier alpha value is -4.53. The lowest BCUT2D eigenvalue weighted by atomic mass is 9.94. The van der Waals surface area contributed by atoms with Crippen molar-refractivity contribution < 1.29 is 38.3 Å². The van der Waals surface area contributed by atoms with Crippen LogP contribution in [0.5, 0.6) is 0 Å². The average molecular weight is 708 g/mol. The number of primary amides is 1. The maximum atomic E-state index is 12.7. The third-order valence-corrected chi connectivity index (χ3v) is 6.84. The number of amides is 7. The molecule has 0 saturated carbocycles. The summed E-state index contributed by atoms with van der Waals surface area (Å²) in [6.45, 7) is 17.7. The van der Waals surface area contributed by atoms with E-state index in [2.05, 4.69) is 28.2 Å². The average Bonchev–Trinajstić information content (AvgIpc) is 3.37. The van der Waals surface area contributed by atoms with E-state index in [4.69, 9.17) is 16.2 Å². The van der Waals surface area contributed by atoms with Crippen LogP contribution in [0.25, 0.3) is 0 Å². The van der Waals surface area contributed by atoms with E-state index in [1.54, 1.807) is 45.0 Å². The molecule has 2 rings (SSSR count). The van der Waals surface area contributed by atoms with Gasteiger partial charge >= 0.3 is 12.0 Å². The van der Waals surface area contributed by atoms with E-state index in [9.17, 15) is 33.6 Å². The van der Waals surface area contributed by atoms with E-state index >= 15 is 0 Å². The molecule has 8 N–H and O–H groups in total. The zero-order valence-corrected chi connectivity index (χ0v) is 31.4. The number of hydrogen-bond donors (Lipinski definition) is 6. The Kier molecular flexibility index (Phi) is 26.0. The molecule has 2 unspecified atom stereocenters. The quantitative estimate of drug-likeness (QED) is 0.116. The van der Waals surface area contributed by atoms with Crippen LogP contribution in [0.2, 0.25) is 0 Å². The molecule has 50 heavy (non-hydrogen) atoms. The van der Waals surface area contributed by atoms with Crippen LogP contribution in [0.1, 0.15) is 93.6 Å². The second-order valence-electron chi connectivity index (χ2n) is 11.7. The van der Waals surface area contributed by atoms with Crippen molar-refractivity contribution >= 4 is 47.2 Å². The number of nitrogens with one attached hydrogen (secondary N) is 4. The van der Waals surface area contributed by atoms with E-state index in [1.165, 1.54) is 0 Å². The first-order valence-corrected chi connectivity index (χ1v) is 17.3. The van der Waals surface area contributed by atoms with Crippen LogP contribution < -0.4 is 32.7 Å². The molecule has 15 heteroatoms. The van der Waals surface area contributed by atoms with Crippen LogP contribution in [0.15, 0.2) is 24.3 Å². The fourth-order valence-electron chi connectivity index (χ4n) is 3.97. The summed E-state index contributed by atoms with van der Waals surface area (Å²) in [5, 5.41) is 10.2. The first-order valence-electron chi connectivity index (χ1n) is 17.3. The van der Waals surface area contributed by atoms with Gasteiger partial charge in [-0.05, 0) is 48.9 Å². The van der Waals surface area contributed by atoms with Crippen LogP contribution in [0.4, 0.5) is 10.5 Å². The topological polar surface area (TPSA) is 232 Å². The van der Waals surface area contributed by atoms with Gasteiger partial charge in [0.2, 0.25) is 29.5 Å². The van der Waals surface area contributed by atoms with E-state index in [1.807, 2.05) is 34.6 Å². The summed E-state index contributed by atoms with van der Waals surface area (Å²) in [5.74, 6) is -3.54. The molecule has 1 aromatic carbocycles. The normalized spacial score (nSPS) is 13.8. The van der Waals surface area contributed by atoms with Crippen molar-refractivity contribution in [1.82, 2.24) is 20.9 Å². The molecule has 1 aliphatic heterocycles. The summed E-state index contributed by atoms with van der Waals surface area (Å²) in [6, 6.07) is 5.32. The highest BCUT2D eigenvalue weighted by molar-refractivity contribution is 6.06. The van der Waals surface area contributed by atoms with Crippen LogP contribution in [0.3, 0.4) is 0 Å². The molecule has 284 valence electrons. The van der Waals surface area contributed by atoms with Crippen LogP contribution >= 0.6 is 0 Å². The number of anilines is 1. The van der Waals surface area contributed by atoms with Crippen molar-refractivity contribution in [1.29, 1.82) is 0 Å². The minimum absolute atomic E-state index is 0.0201. The van der Waals surface area contributed by atoms with Crippen molar-refractivity contribution in [3.63, 3.8) is 0 Å². The summed E-state index contributed by atoms with van der Waals surface area (Å²) in [7, 11) is 0. The second kappa shape index (κ2) is 27.3. The number of carbonyl (C=O) groups is 7. The van der Waals surface area contributed by atoms with Crippen LogP contribution in [-0.2, 0) is 40.1 Å². The van der Waals surface area contributed by atoms with Crippen molar-refractivity contribution in [2.45, 2.75) is 101 Å². The van der Waals surface area contributed by atoms with Gasteiger partial charge in [-0.1, -0.05) is 74.4 Å². The van der Waals surface area contributed by atoms with Gasteiger partial charge in [-0.25, -0.2) is 4.79 Å². The predicted molar refractivity (Wildman–Crippen MR) is 193 cm³/mol. The minimum atomic E-state index is -0.959. The van der Waals surface area contributed by atoms with E-state index in [0.717, 1.165) is 29.8 Å². The molecule has 1 fully saturated rings. The number of nitrogens with two attached hydrogens (primary N) is 2. The Bertz CT molecular complexity index is 1200. The van der Waals surface area contributed by atoms with Gasteiger partial charge in [-0.3, -0.25) is 33.7 Å². The van der Waals surface area contributed by atoms with Gasteiger partial charge in [0.1, 0.15) is 19.2 Å². The molecule has 0 aliphatic carbocycles. The van der Waals surface area contributed by atoms with Crippen molar-refractivity contribution in [2.24, 2.45) is 29.2 Å². The van der Waals surface area contributed by atoms with Gasteiger partial charge in [0.05, 0.1) is 6.54 Å².